The number of aliphatic imine (C=N–C) groups is 1. The van der Waals surface area contributed by atoms with Gasteiger partial charge in [-0.3, -0.25) is 0 Å². The highest BCUT2D eigenvalue weighted by Gasteiger charge is 2.09. The van der Waals surface area contributed by atoms with Crippen LogP contribution in [0.15, 0.2) is 89.6 Å². The Morgan fingerprint density at radius 1 is 0.900 bits per heavy atom. The van der Waals surface area contributed by atoms with E-state index >= 15 is 0 Å². The minimum absolute atomic E-state index is 0.487. The molecule has 3 aromatic carbocycles. The maximum absolute atomic E-state index is 6.16. The van der Waals surface area contributed by atoms with Crippen molar-refractivity contribution in [3.63, 3.8) is 0 Å². The van der Waals surface area contributed by atoms with Crippen LogP contribution in [0.4, 0.5) is 5.69 Å². The van der Waals surface area contributed by atoms with Crippen molar-refractivity contribution >= 4 is 11.6 Å². The third-order valence-electron chi connectivity index (χ3n) is 4.55. The SMILES string of the molecule is CCc1cccc(OC(=N\c2ccc(C)cc2)/C(C)=C/Oc2ccc(OC)cc2)c1. The minimum atomic E-state index is 0.487. The standard InChI is InChI=1S/C26H27NO3/c1-5-21-7-6-8-25(17-21)30-26(27-22-11-9-19(2)10-12-22)20(3)18-29-24-15-13-23(28-4)14-16-24/h6-18H,5H2,1-4H3/b20-18+,27-26-. The Hall–Kier alpha value is -3.53. The number of nitrogens with zero attached hydrogens (tertiary/aromatic N) is 1. The molecule has 0 radical (unpaired) electrons. The lowest BCUT2D eigenvalue weighted by Gasteiger charge is -2.11. The summed E-state index contributed by atoms with van der Waals surface area (Å²) in [5.74, 6) is 2.72. The van der Waals surface area contributed by atoms with Gasteiger partial charge in [0.1, 0.15) is 17.2 Å². The molecule has 154 valence electrons. The minimum Gasteiger partial charge on any atom is -0.497 e. The Balaban J connectivity index is 1.87. The molecule has 0 bridgehead atoms. The number of hydrogen-bond acceptors (Lipinski definition) is 4. The van der Waals surface area contributed by atoms with Crippen molar-refractivity contribution in [1.82, 2.24) is 0 Å². The summed E-state index contributed by atoms with van der Waals surface area (Å²) in [6.07, 6.45) is 2.59. The first-order chi connectivity index (χ1) is 14.6. The predicted octanol–water partition coefficient (Wildman–Crippen LogP) is 6.66. The van der Waals surface area contributed by atoms with E-state index in [0.717, 1.165) is 29.2 Å². The third kappa shape index (κ3) is 5.98. The van der Waals surface area contributed by atoms with Crippen molar-refractivity contribution in [1.29, 1.82) is 0 Å². The summed E-state index contributed by atoms with van der Waals surface area (Å²) in [4.78, 5) is 4.72. The molecule has 0 heterocycles. The predicted molar refractivity (Wildman–Crippen MR) is 122 cm³/mol. The average molecular weight is 402 g/mol. The molecule has 4 nitrogen and oxygen atoms in total. The Morgan fingerprint density at radius 2 is 1.60 bits per heavy atom. The van der Waals surface area contributed by atoms with Gasteiger partial charge in [0.2, 0.25) is 5.90 Å². The van der Waals surface area contributed by atoms with Crippen molar-refractivity contribution in [3.8, 4) is 17.2 Å². The monoisotopic (exact) mass is 401 g/mol. The maximum atomic E-state index is 6.16. The van der Waals surface area contributed by atoms with Crippen LogP contribution in [-0.4, -0.2) is 13.0 Å². The van der Waals surface area contributed by atoms with Gasteiger partial charge < -0.3 is 14.2 Å². The zero-order valence-electron chi connectivity index (χ0n) is 17.9. The van der Waals surface area contributed by atoms with Crippen LogP contribution in [0, 0.1) is 6.92 Å². The van der Waals surface area contributed by atoms with Gasteiger partial charge in [0.25, 0.3) is 0 Å². The average Bonchev–Trinajstić information content (AvgIpc) is 2.79. The highest BCUT2D eigenvalue weighted by molar-refractivity contribution is 5.96. The first-order valence-corrected chi connectivity index (χ1v) is 9.97. The molecule has 0 amide bonds. The zero-order valence-corrected chi connectivity index (χ0v) is 17.9. The second-order valence-electron chi connectivity index (χ2n) is 6.95. The quantitative estimate of drug-likeness (QED) is 0.252. The maximum Gasteiger partial charge on any atom is 0.225 e. The summed E-state index contributed by atoms with van der Waals surface area (Å²) in [5, 5.41) is 0. The Labute approximate surface area is 178 Å². The number of aryl methyl sites for hydroxylation is 2. The molecule has 0 unspecified atom stereocenters. The van der Waals surface area contributed by atoms with Crippen LogP contribution in [0.1, 0.15) is 25.0 Å². The lowest BCUT2D eigenvalue weighted by molar-refractivity contribution is 0.412. The van der Waals surface area contributed by atoms with Crippen molar-refractivity contribution < 1.29 is 14.2 Å². The molecule has 3 rings (SSSR count). The molecule has 0 N–H and O–H groups in total. The summed E-state index contributed by atoms with van der Waals surface area (Å²) in [6.45, 7) is 6.09. The highest BCUT2D eigenvalue weighted by Crippen LogP contribution is 2.21. The Kier molecular flexibility index (Phi) is 7.28. The fourth-order valence-corrected chi connectivity index (χ4v) is 2.73. The lowest BCUT2D eigenvalue weighted by atomic mass is 10.2. The normalized spacial score (nSPS) is 11.9. The summed E-state index contributed by atoms with van der Waals surface area (Å²) in [7, 11) is 1.64. The molecule has 0 fully saturated rings. The van der Waals surface area contributed by atoms with Gasteiger partial charge in [0.15, 0.2) is 0 Å². The molecule has 0 aromatic heterocycles. The van der Waals surface area contributed by atoms with Crippen molar-refractivity contribution in [2.24, 2.45) is 4.99 Å². The van der Waals surface area contributed by atoms with Crippen LogP contribution in [-0.2, 0) is 6.42 Å². The molecule has 0 aliphatic carbocycles. The van der Waals surface area contributed by atoms with E-state index < -0.39 is 0 Å². The zero-order chi connectivity index (χ0) is 21.3. The van der Waals surface area contributed by atoms with E-state index in [-0.39, 0.29) is 0 Å². The third-order valence-corrected chi connectivity index (χ3v) is 4.55. The van der Waals surface area contributed by atoms with Crippen LogP contribution >= 0.6 is 0 Å². The molecule has 4 heteroatoms. The summed E-state index contributed by atoms with van der Waals surface area (Å²) in [6, 6.07) is 23.4. The molecule has 0 saturated carbocycles. The Morgan fingerprint density at radius 3 is 2.27 bits per heavy atom. The van der Waals surface area contributed by atoms with Crippen LogP contribution in [0.25, 0.3) is 0 Å². The van der Waals surface area contributed by atoms with Crippen molar-refractivity contribution in [3.05, 3.63) is 95.8 Å². The van der Waals surface area contributed by atoms with Gasteiger partial charge >= 0.3 is 0 Å². The molecule has 0 aliphatic rings. The smallest absolute Gasteiger partial charge is 0.225 e. The van der Waals surface area contributed by atoms with E-state index in [1.54, 1.807) is 13.4 Å². The van der Waals surface area contributed by atoms with Crippen LogP contribution in [0.5, 0.6) is 17.2 Å². The van der Waals surface area contributed by atoms with Crippen molar-refractivity contribution in [2.75, 3.05) is 7.11 Å². The highest BCUT2D eigenvalue weighted by atomic mass is 16.5. The van der Waals surface area contributed by atoms with E-state index in [2.05, 4.69) is 19.9 Å². The van der Waals surface area contributed by atoms with Crippen molar-refractivity contribution in [2.45, 2.75) is 27.2 Å². The lowest BCUT2D eigenvalue weighted by Crippen LogP contribution is -2.11. The van der Waals surface area contributed by atoms with Gasteiger partial charge in [0.05, 0.1) is 19.1 Å². The van der Waals surface area contributed by atoms with E-state index in [1.807, 2.05) is 73.7 Å². The summed E-state index contributed by atoms with van der Waals surface area (Å²) in [5.41, 5.74) is 3.98. The first-order valence-electron chi connectivity index (χ1n) is 9.97. The van der Waals surface area contributed by atoms with E-state index in [1.165, 1.54) is 11.1 Å². The van der Waals surface area contributed by atoms with E-state index in [4.69, 9.17) is 19.2 Å². The van der Waals surface area contributed by atoms with Gasteiger partial charge in [-0.1, -0.05) is 36.8 Å². The number of hydrogen-bond donors (Lipinski definition) is 0. The van der Waals surface area contributed by atoms with Gasteiger partial charge in [-0.2, -0.15) is 0 Å². The molecular formula is C26H27NO3. The number of rotatable bonds is 7. The Bertz CT molecular complexity index is 1020. The second kappa shape index (κ2) is 10.3. The topological polar surface area (TPSA) is 40.0 Å². The van der Waals surface area contributed by atoms with Gasteiger partial charge in [-0.15, -0.1) is 0 Å². The summed E-state index contributed by atoms with van der Waals surface area (Å²) >= 11 is 0. The molecule has 0 atom stereocenters. The van der Waals surface area contributed by atoms with Crippen LogP contribution < -0.4 is 14.2 Å². The number of benzene rings is 3. The fraction of sp³-hybridized carbons (Fsp3) is 0.192. The molecule has 0 saturated heterocycles. The summed E-state index contributed by atoms with van der Waals surface area (Å²) < 4.78 is 17.2. The van der Waals surface area contributed by atoms with Crippen LogP contribution in [0.3, 0.4) is 0 Å². The first kappa shape index (κ1) is 21.2. The number of ether oxygens (including phenoxy) is 3. The second-order valence-corrected chi connectivity index (χ2v) is 6.95. The largest absolute Gasteiger partial charge is 0.497 e. The van der Waals surface area contributed by atoms with Crippen LogP contribution in [0.2, 0.25) is 0 Å². The fourth-order valence-electron chi connectivity index (χ4n) is 2.73. The number of methoxy groups -OCH3 is 1. The van der Waals surface area contributed by atoms with E-state index in [9.17, 15) is 0 Å². The van der Waals surface area contributed by atoms with Gasteiger partial charge in [-0.05, 0) is 74.4 Å². The molecule has 30 heavy (non-hydrogen) atoms. The molecular weight excluding hydrogens is 374 g/mol. The molecule has 0 aliphatic heterocycles. The molecule has 0 spiro atoms. The van der Waals surface area contributed by atoms with Gasteiger partial charge in [0, 0.05) is 5.57 Å². The van der Waals surface area contributed by atoms with E-state index in [0.29, 0.717) is 11.6 Å². The van der Waals surface area contributed by atoms with Gasteiger partial charge in [-0.25, -0.2) is 4.99 Å². The molecule has 3 aromatic rings.